The number of aromatic nitrogens is 2. The molecule has 1 amide bonds. The van der Waals surface area contributed by atoms with Crippen molar-refractivity contribution in [1.29, 1.82) is 0 Å². The van der Waals surface area contributed by atoms with Gasteiger partial charge in [-0.2, -0.15) is 0 Å². The number of sulfonamides is 1. The smallest absolute Gasteiger partial charge is 0.293 e. The van der Waals surface area contributed by atoms with Gasteiger partial charge in [0.2, 0.25) is 5.92 Å². The van der Waals surface area contributed by atoms with Crippen LogP contribution in [0, 0.1) is 21.4 Å². The molecule has 0 atom stereocenters. The number of nitro groups is 1. The molecule has 13 nitrogen and oxygen atoms in total. The lowest BCUT2D eigenvalue weighted by Gasteiger charge is -2.39. The van der Waals surface area contributed by atoms with Gasteiger partial charge < -0.3 is 15.1 Å². The molecule has 1 aromatic heterocycles. The van der Waals surface area contributed by atoms with Crippen molar-refractivity contribution in [2.45, 2.75) is 69.6 Å². The van der Waals surface area contributed by atoms with Gasteiger partial charge in [0.25, 0.3) is 21.6 Å². The molecule has 1 aliphatic heterocycles. The number of anilines is 2. The minimum absolute atomic E-state index is 0.0407. The van der Waals surface area contributed by atoms with Crippen LogP contribution in [-0.2, 0) is 10.0 Å². The van der Waals surface area contributed by atoms with Gasteiger partial charge in [-0.05, 0) is 97.0 Å². The van der Waals surface area contributed by atoms with Crippen LogP contribution < -0.4 is 19.8 Å². The van der Waals surface area contributed by atoms with E-state index in [4.69, 9.17) is 16.4 Å². The second-order valence-corrected chi connectivity index (χ2v) is 19.7. The molecule has 2 N–H and O–H groups in total. The first-order chi connectivity index (χ1) is 30.0. The maximum Gasteiger partial charge on any atom is 0.293 e. The molecule has 2 heterocycles. The number of amides is 1. The summed E-state index contributed by atoms with van der Waals surface area (Å²) in [5, 5.41) is 20.9. The molecule has 4 aromatic carbocycles. The molecule has 1 saturated heterocycles. The Bertz CT molecular complexity index is 2650. The molecule has 2 aliphatic carbocycles. The number of alkyl halides is 2. The van der Waals surface area contributed by atoms with E-state index in [1.54, 1.807) is 24.4 Å². The van der Waals surface area contributed by atoms with Gasteiger partial charge in [0.1, 0.15) is 11.2 Å². The topological polar surface area (TPSA) is 152 Å². The number of carbonyl (C=O) groups is 1. The molecule has 3 aliphatic rings. The van der Waals surface area contributed by atoms with Gasteiger partial charge in [-0.3, -0.25) is 19.8 Å². The van der Waals surface area contributed by atoms with Gasteiger partial charge in [0, 0.05) is 80.3 Å². The molecular formula is C46H50ClF2N7O6S. The lowest BCUT2D eigenvalue weighted by Crippen LogP contribution is -2.47. The van der Waals surface area contributed by atoms with Crippen molar-refractivity contribution in [2.75, 3.05) is 49.5 Å². The van der Waals surface area contributed by atoms with Gasteiger partial charge in [-0.1, -0.05) is 66.2 Å². The van der Waals surface area contributed by atoms with E-state index >= 15 is 0 Å². The van der Waals surface area contributed by atoms with Crippen LogP contribution in [0.3, 0.4) is 0 Å². The first-order valence-corrected chi connectivity index (χ1v) is 23.1. The zero-order chi connectivity index (χ0) is 44.5. The number of hydrogen-bond acceptors (Lipinski definition) is 10. The minimum Gasteiger partial charge on any atom is -0.379 e. The molecule has 2 fully saturated rings. The van der Waals surface area contributed by atoms with E-state index in [1.165, 1.54) is 33.7 Å². The number of allylic oxidation sites excluding steroid dienone is 1. The second kappa shape index (κ2) is 17.9. The number of nitrogens with one attached hydrogen (secondary N) is 2. The summed E-state index contributed by atoms with van der Waals surface area (Å²) in [5.41, 5.74) is 5.06. The van der Waals surface area contributed by atoms with Crippen LogP contribution in [0.4, 0.5) is 25.8 Å². The van der Waals surface area contributed by atoms with Crippen LogP contribution in [-0.4, -0.2) is 79.3 Å². The number of nitrogens with zero attached hydrogens (tertiary/aromatic N) is 5. The number of fused-ring (bicyclic) bond motifs is 1. The molecule has 8 rings (SSSR count). The number of carbonyl (C=O) groups excluding carboxylic acids is 1. The molecule has 0 unspecified atom stereocenters. The first-order valence-electron chi connectivity index (χ1n) is 21.2. The summed E-state index contributed by atoms with van der Waals surface area (Å²) in [6.45, 7) is 8.69. The minimum atomic E-state index is -4.64. The maximum absolute atomic E-state index is 13.9. The average Bonchev–Trinajstić information content (AvgIpc) is 3.66. The number of para-hydroxylation sites is 1. The molecule has 17 heteroatoms. The molecule has 332 valence electrons. The van der Waals surface area contributed by atoms with Crippen LogP contribution in [0.2, 0.25) is 5.02 Å². The van der Waals surface area contributed by atoms with E-state index in [0.717, 1.165) is 62.1 Å². The van der Waals surface area contributed by atoms with E-state index in [2.05, 4.69) is 50.9 Å². The van der Waals surface area contributed by atoms with E-state index in [-0.39, 0.29) is 60.6 Å². The third-order valence-electron chi connectivity index (χ3n) is 12.5. The van der Waals surface area contributed by atoms with Crippen molar-refractivity contribution < 1.29 is 31.8 Å². The monoisotopic (exact) mass is 901 g/mol. The van der Waals surface area contributed by atoms with Crippen LogP contribution in [0.15, 0.2) is 102 Å². The molecular weight excluding hydrogens is 852 g/mol. The van der Waals surface area contributed by atoms with Gasteiger partial charge in [-0.25, -0.2) is 21.9 Å². The molecule has 0 radical (unpaired) electrons. The Kier molecular flexibility index (Phi) is 12.5. The van der Waals surface area contributed by atoms with E-state index in [9.17, 15) is 32.1 Å². The van der Waals surface area contributed by atoms with Crippen LogP contribution >= 0.6 is 11.6 Å². The average molecular weight is 902 g/mol. The predicted molar refractivity (Wildman–Crippen MR) is 240 cm³/mol. The third-order valence-corrected chi connectivity index (χ3v) is 14.1. The molecule has 63 heavy (non-hydrogen) atoms. The lowest BCUT2D eigenvalue weighted by molar-refractivity contribution is -0.384. The highest BCUT2D eigenvalue weighted by atomic mass is 35.5. The Morgan fingerprint density at radius 2 is 1.70 bits per heavy atom. The number of rotatable bonds is 13. The Morgan fingerprint density at radius 3 is 2.43 bits per heavy atom. The maximum atomic E-state index is 13.9. The number of nitro benzene ring substituents is 1. The van der Waals surface area contributed by atoms with Crippen molar-refractivity contribution >= 4 is 61.1 Å². The number of halogens is 3. The molecule has 0 bridgehead atoms. The van der Waals surface area contributed by atoms with E-state index in [1.807, 2.05) is 30.3 Å². The Balaban J connectivity index is 0.998. The zero-order valence-electron chi connectivity index (χ0n) is 35.2. The highest BCUT2D eigenvalue weighted by Gasteiger charge is 2.35. The van der Waals surface area contributed by atoms with Crippen molar-refractivity contribution in [3.63, 3.8) is 0 Å². The summed E-state index contributed by atoms with van der Waals surface area (Å²) in [6, 6.07) is 23.7. The summed E-state index contributed by atoms with van der Waals surface area (Å²) in [5.74, 6) is -3.80. The van der Waals surface area contributed by atoms with Crippen molar-refractivity contribution in [2.24, 2.45) is 11.3 Å². The Labute approximate surface area is 370 Å². The number of benzene rings is 4. The van der Waals surface area contributed by atoms with Crippen molar-refractivity contribution in [3.8, 4) is 5.75 Å². The molecule has 1 saturated carbocycles. The van der Waals surface area contributed by atoms with E-state index in [0.29, 0.717) is 23.6 Å². The highest BCUT2D eigenvalue weighted by Crippen LogP contribution is 2.44. The first kappa shape index (κ1) is 44.0. The Hall–Kier alpha value is -5.58. The van der Waals surface area contributed by atoms with Gasteiger partial charge >= 0.3 is 0 Å². The van der Waals surface area contributed by atoms with Gasteiger partial charge in [0.05, 0.1) is 21.6 Å². The fourth-order valence-corrected chi connectivity index (χ4v) is 9.87. The van der Waals surface area contributed by atoms with Crippen LogP contribution in [0.1, 0.15) is 74.7 Å². The fraction of sp³-hybridized carbons (Fsp3) is 0.391. The van der Waals surface area contributed by atoms with Crippen LogP contribution in [0.25, 0.3) is 16.5 Å². The summed E-state index contributed by atoms with van der Waals surface area (Å²) in [4.78, 5) is 37.0. The number of hydrogen-bond donors (Lipinski definition) is 2. The second-order valence-electron chi connectivity index (χ2n) is 17.6. The highest BCUT2D eigenvalue weighted by molar-refractivity contribution is 7.90. The standard InChI is InChI=1S/C46H50ClF2N7O6S/c1-45(2)18-17-34(39(27-45)32-7-9-35(47)10-8-32)30-53-21-23-54(24-22-53)36-11-13-38(43(25-36)62-55-41-6-4-3-5-33(41)29-51-55)44(57)52-63(60,61)37-12-14-40(42(26-37)56(58)59)50-28-31-15-19-46(48,49)20-16-31/h3-14,25-26,29,31,50H,15-24,27-28,30H2,1-2H3,(H,52,57). The van der Waals surface area contributed by atoms with Crippen LogP contribution in [0.5, 0.6) is 5.75 Å². The third kappa shape index (κ3) is 10.3. The summed E-state index contributed by atoms with van der Waals surface area (Å²) < 4.78 is 56.7. The predicted octanol–water partition coefficient (Wildman–Crippen LogP) is 9.58. The normalized spacial score (nSPS) is 18.3. The van der Waals surface area contributed by atoms with Gasteiger partial charge in [0.15, 0.2) is 5.75 Å². The summed E-state index contributed by atoms with van der Waals surface area (Å²) in [7, 11) is -4.64. The summed E-state index contributed by atoms with van der Waals surface area (Å²) >= 11 is 6.23. The SMILES string of the molecule is CC1(C)CCC(CN2CCN(c3ccc(C(=O)NS(=O)(=O)c4ccc(NCC5CCC(F)(F)CC5)c([N+](=O)[O-])c4)c(On4ncc5ccccc54)c3)CC2)=C(c2ccc(Cl)cc2)C1. The molecule has 5 aromatic rings. The number of piperazine rings is 1. The largest absolute Gasteiger partial charge is 0.379 e. The van der Waals surface area contributed by atoms with Crippen molar-refractivity contribution in [3.05, 3.63) is 123 Å². The quantitative estimate of drug-likeness (QED) is 0.0864. The van der Waals surface area contributed by atoms with Crippen molar-refractivity contribution in [1.82, 2.24) is 19.6 Å². The Morgan fingerprint density at radius 1 is 0.968 bits per heavy atom. The summed E-state index contributed by atoms with van der Waals surface area (Å²) in [6.07, 6.45) is 4.77. The van der Waals surface area contributed by atoms with Gasteiger partial charge in [-0.15, -0.1) is 5.10 Å². The lowest BCUT2D eigenvalue weighted by atomic mass is 9.72. The molecule has 0 spiro atoms. The fourth-order valence-electron chi connectivity index (χ4n) is 8.76. The zero-order valence-corrected chi connectivity index (χ0v) is 36.7. The van der Waals surface area contributed by atoms with E-state index < -0.39 is 37.4 Å².